The van der Waals surface area contributed by atoms with E-state index < -0.39 is 6.67 Å². The number of primary amides is 1. The van der Waals surface area contributed by atoms with Crippen LogP contribution in [0.4, 0.5) is 8.78 Å². The molecule has 37 heavy (non-hydrogen) atoms. The molecule has 0 aliphatic rings. The summed E-state index contributed by atoms with van der Waals surface area (Å²) < 4.78 is 21.2. The van der Waals surface area contributed by atoms with Crippen LogP contribution in [0.5, 0.6) is 0 Å². The van der Waals surface area contributed by atoms with Crippen LogP contribution in [0.3, 0.4) is 0 Å². The van der Waals surface area contributed by atoms with Gasteiger partial charge in [0.25, 0.3) is 0 Å². The molecule has 0 radical (unpaired) electrons. The minimum Gasteiger partial charge on any atom is -0.392 e. The second-order valence-electron chi connectivity index (χ2n) is 9.55. The molecule has 4 N–H and O–H groups in total. The van der Waals surface area contributed by atoms with Gasteiger partial charge in [-0.2, -0.15) is 12.6 Å². The van der Waals surface area contributed by atoms with Gasteiger partial charge in [-0.15, -0.1) is 6.58 Å². The number of hydrogen-bond donors (Lipinski definition) is 4. The Morgan fingerprint density at radius 1 is 1.16 bits per heavy atom. The van der Waals surface area contributed by atoms with Gasteiger partial charge in [-0.1, -0.05) is 71.7 Å². The summed E-state index contributed by atoms with van der Waals surface area (Å²) in [6.07, 6.45) is 7.45. The number of allylic oxidation sites excluding steroid dienone is 2. The van der Waals surface area contributed by atoms with Gasteiger partial charge in [-0.3, -0.25) is 4.79 Å². The second kappa shape index (κ2) is 28.9. The van der Waals surface area contributed by atoms with Crippen LogP contribution < -0.4 is 11.1 Å². The van der Waals surface area contributed by atoms with Crippen molar-refractivity contribution < 1.29 is 18.7 Å². The average molecular weight is 547 g/mol. The molecule has 0 aromatic heterocycles. The molecule has 1 amide bonds. The van der Waals surface area contributed by atoms with Crippen LogP contribution in [0.1, 0.15) is 91.3 Å². The van der Waals surface area contributed by atoms with Gasteiger partial charge in [0, 0.05) is 20.0 Å². The molecule has 218 valence electrons. The number of rotatable bonds is 11. The number of halogens is 2. The molecule has 0 aliphatic carbocycles. The van der Waals surface area contributed by atoms with Crippen molar-refractivity contribution in [2.45, 2.75) is 100 Å². The Morgan fingerprint density at radius 3 is 2.03 bits per heavy atom. The summed E-state index contributed by atoms with van der Waals surface area (Å²) in [5.74, 6) is -0.333. The summed E-state index contributed by atoms with van der Waals surface area (Å²) in [5.41, 5.74) is 10.1. The number of benzene rings is 1. The van der Waals surface area contributed by atoms with Crippen LogP contribution >= 0.6 is 12.6 Å². The molecule has 0 fully saturated rings. The van der Waals surface area contributed by atoms with Crippen molar-refractivity contribution in [1.29, 1.82) is 0 Å². The van der Waals surface area contributed by atoms with Crippen LogP contribution in [0.15, 0.2) is 42.8 Å². The first-order valence-corrected chi connectivity index (χ1v) is 13.9. The summed E-state index contributed by atoms with van der Waals surface area (Å²) in [4.78, 5) is 9.22. The molecule has 1 unspecified atom stereocenters. The van der Waals surface area contributed by atoms with Gasteiger partial charge in [0.05, 0.1) is 12.4 Å². The second-order valence-corrected chi connectivity index (χ2v) is 9.55. The maximum atomic E-state index is 10.7. The maximum Gasteiger partial charge on any atom is 0.214 e. The van der Waals surface area contributed by atoms with Gasteiger partial charge in [0.1, 0.15) is 6.67 Å². The highest BCUT2D eigenvalue weighted by Crippen LogP contribution is 2.23. The summed E-state index contributed by atoms with van der Waals surface area (Å²) >= 11 is 3.53. The molecule has 0 bridgehead atoms. The van der Waals surface area contributed by atoms with Crippen molar-refractivity contribution in [3.05, 3.63) is 59.4 Å². The molecular formula is C30H56F2N2O2S. The number of alkyl halides is 1. The lowest BCUT2D eigenvalue weighted by Crippen LogP contribution is -2.26. The average Bonchev–Trinajstić information content (AvgIpc) is 2.80. The summed E-state index contributed by atoms with van der Waals surface area (Å²) in [5, 5.41) is 13.4. The van der Waals surface area contributed by atoms with Gasteiger partial charge in [-0.05, 0) is 67.0 Å². The Bertz CT molecular complexity index is 701. The van der Waals surface area contributed by atoms with Crippen molar-refractivity contribution in [1.82, 2.24) is 5.32 Å². The molecule has 0 spiro atoms. The number of amides is 1. The van der Waals surface area contributed by atoms with Gasteiger partial charge in [0.2, 0.25) is 5.91 Å². The lowest BCUT2D eigenvalue weighted by atomic mass is 9.86. The van der Waals surface area contributed by atoms with Gasteiger partial charge < -0.3 is 16.2 Å². The fraction of sp³-hybridized carbons (Fsp3) is 0.633. The van der Waals surface area contributed by atoms with E-state index in [4.69, 9.17) is 0 Å². The molecule has 0 saturated carbocycles. The fourth-order valence-electron chi connectivity index (χ4n) is 3.02. The number of carbonyl (C=O) groups excluding carboxylic acids is 1. The van der Waals surface area contributed by atoms with Gasteiger partial charge >= 0.3 is 0 Å². The van der Waals surface area contributed by atoms with Crippen LogP contribution in [0.25, 0.3) is 0 Å². The maximum absolute atomic E-state index is 10.7. The van der Waals surface area contributed by atoms with Crippen LogP contribution in [0, 0.1) is 5.41 Å². The zero-order valence-corrected chi connectivity index (χ0v) is 25.9. The van der Waals surface area contributed by atoms with Gasteiger partial charge in [0.15, 0.2) is 0 Å². The van der Waals surface area contributed by atoms with Crippen LogP contribution in [0.2, 0.25) is 0 Å². The number of aliphatic hydroxyl groups excluding tert-OH is 1. The van der Waals surface area contributed by atoms with E-state index in [0.717, 1.165) is 43.9 Å². The molecule has 0 saturated heterocycles. The Labute approximate surface area is 232 Å². The molecular weight excluding hydrogens is 490 g/mol. The Hall–Kier alpha value is -1.70. The minimum atomic E-state index is -0.712. The van der Waals surface area contributed by atoms with E-state index in [1.807, 2.05) is 20.8 Å². The number of carbonyl (C=O) groups is 1. The number of nitrogens with one attached hydrogen (secondary N) is 1. The van der Waals surface area contributed by atoms with E-state index in [0.29, 0.717) is 12.0 Å². The fourth-order valence-corrected chi connectivity index (χ4v) is 3.02. The van der Waals surface area contributed by atoms with E-state index in [9.17, 15) is 18.7 Å². The molecule has 0 aliphatic heterocycles. The Balaban J connectivity index is -0.000000350. The van der Waals surface area contributed by atoms with Crippen LogP contribution in [-0.4, -0.2) is 36.6 Å². The summed E-state index contributed by atoms with van der Waals surface area (Å²) in [7, 11) is 0. The molecule has 1 aromatic rings. The van der Waals surface area contributed by atoms with E-state index in [2.05, 4.69) is 76.2 Å². The lowest BCUT2D eigenvalue weighted by Gasteiger charge is -2.20. The minimum absolute atomic E-state index is 0.181. The van der Waals surface area contributed by atoms with Crippen molar-refractivity contribution in [2.24, 2.45) is 11.1 Å². The molecule has 4 nitrogen and oxygen atoms in total. The third-order valence-corrected chi connectivity index (χ3v) is 4.18. The third kappa shape index (κ3) is 36.5. The molecule has 1 aromatic carbocycles. The predicted octanol–water partition coefficient (Wildman–Crippen LogP) is 7.54. The summed E-state index contributed by atoms with van der Waals surface area (Å²) in [6, 6.07) is 6.99. The van der Waals surface area contributed by atoms with E-state index >= 15 is 0 Å². The Morgan fingerprint density at radius 2 is 1.65 bits per heavy atom. The standard InChI is InChI=1S/C22H37NO.C3H4F2.C2H5NO.C2H6.CH4S/c1-7-8-18-11-19(14-22(4,5)6)13-20(12-18)15-23-16-21(24)10-9-17(2)3;4-2-1-3-5;1-2(3)4;2*1-2/h11-13,21,23-24H,2,7-10,14-16H2,1,3-6H3;1-2H,3H2;1H3,(H2,3,4);1-2H3;2H,1H3/b;2-1+;;;. The number of nitrogens with two attached hydrogens (primary N) is 1. The number of aliphatic hydroxyl groups is 1. The highest BCUT2D eigenvalue weighted by Gasteiger charge is 2.13. The third-order valence-electron chi connectivity index (χ3n) is 4.18. The Kier molecular flexibility index (Phi) is 33.1. The molecule has 1 atom stereocenters. The quantitative estimate of drug-likeness (QED) is 0.171. The summed E-state index contributed by atoms with van der Waals surface area (Å²) in [6.45, 7) is 21.0. The highest BCUT2D eigenvalue weighted by molar-refractivity contribution is 7.79. The monoisotopic (exact) mass is 546 g/mol. The van der Waals surface area contributed by atoms with E-state index in [-0.39, 0.29) is 18.3 Å². The topological polar surface area (TPSA) is 75.3 Å². The first-order valence-electron chi connectivity index (χ1n) is 13.0. The molecule has 0 heterocycles. The van der Waals surface area contributed by atoms with E-state index in [1.54, 1.807) is 6.26 Å². The molecule has 7 heteroatoms. The number of hydrogen-bond acceptors (Lipinski definition) is 4. The van der Waals surface area contributed by atoms with E-state index in [1.165, 1.54) is 30.0 Å². The first-order chi connectivity index (χ1) is 17.3. The zero-order chi connectivity index (χ0) is 29.9. The van der Waals surface area contributed by atoms with Crippen molar-refractivity contribution >= 4 is 18.5 Å². The van der Waals surface area contributed by atoms with Gasteiger partial charge in [-0.25, -0.2) is 8.78 Å². The lowest BCUT2D eigenvalue weighted by molar-refractivity contribution is -0.115. The highest BCUT2D eigenvalue weighted by atomic mass is 32.1. The number of aryl methyl sites for hydroxylation is 1. The normalized spacial score (nSPS) is 10.8. The number of thiol groups is 1. The SMILES string of the molecule is C=C(C)CCC(O)CNCc1cc(CCC)cc(CC(C)(C)C)c1.CC.CC(N)=O.CS.F/C=C/CF. The first kappa shape index (κ1) is 42.4. The van der Waals surface area contributed by atoms with Crippen LogP contribution in [-0.2, 0) is 24.2 Å². The smallest absolute Gasteiger partial charge is 0.214 e. The molecule has 1 rings (SSSR count). The van der Waals surface area contributed by atoms with Crippen molar-refractivity contribution in [3.63, 3.8) is 0 Å². The zero-order valence-electron chi connectivity index (χ0n) is 25.0. The van der Waals surface area contributed by atoms with Crippen molar-refractivity contribution in [2.75, 3.05) is 19.5 Å². The van der Waals surface area contributed by atoms with Crippen molar-refractivity contribution in [3.8, 4) is 0 Å². The largest absolute Gasteiger partial charge is 0.392 e. The predicted molar refractivity (Wildman–Crippen MR) is 163 cm³/mol.